The third-order valence-corrected chi connectivity index (χ3v) is 3.98. The second-order valence-electron chi connectivity index (χ2n) is 5.53. The van der Waals surface area contributed by atoms with Crippen LogP contribution in [0.4, 0.5) is 0 Å². The van der Waals surface area contributed by atoms with Crippen molar-refractivity contribution in [2.75, 3.05) is 13.2 Å². The van der Waals surface area contributed by atoms with E-state index in [0.29, 0.717) is 0 Å². The van der Waals surface area contributed by atoms with Gasteiger partial charge >= 0.3 is 0 Å². The Hall–Kier alpha value is -0.480. The van der Waals surface area contributed by atoms with Gasteiger partial charge in [-0.2, -0.15) is 0 Å². The molecule has 0 saturated carbocycles. The summed E-state index contributed by atoms with van der Waals surface area (Å²) < 4.78 is 15.3. The Morgan fingerprint density at radius 3 is 1.79 bits per heavy atom. The second kappa shape index (κ2) is 8.75. The molecular weight excluding hydrogens is 336 g/mol. The van der Waals surface area contributed by atoms with Crippen molar-refractivity contribution in [3.05, 3.63) is 0 Å². The smallest absolute Gasteiger partial charge is 0.187 e. The predicted octanol–water partition coefficient (Wildman–Crippen LogP) is -6.22. The van der Waals surface area contributed by atoms with Crippen molar-refractivity contribution in [2.45, 2.75) is 61.4 Å². The lowest BCUT2D eigenvalue weighted by atomic mass is 9.97. The van der Waals surface area contributed by atoms with Gasteiger partial charge in [0.25, 0.3) is 0 Å². The molecule has 2 aliphatic rings. The van der Waals surface area contributed by atoms with E-state index in [4.69, 9.17) is 19.3 Å². The van der Waals surface area contributed by atoms with Crippen LogP contribution < -0.4 is 0 Å². The van der Waals surface area contributed by atoms with E-state index in [1.165, 1.54) is 0 Å². The molecule has 0 bridgehead atoms. The van der Waals surface area contributed by atoms with Crippen molar-refractivity contribution in [3.8, 4) is 0 Å². The molecule has 2 heterocycles. The monoisotopic (exact) mass is 360 g/mol. The molecule has 12 nitrogen and oxygen atoms in total. The van der Waals surface area contributed by atoms with Crippen LogP contribution in [0.1, 0.15) is 0 Å². The van der Waals surface area contributed by atoms with Crippen LogP contribution in [0.15, 0.2) is 0 Å². The summed E-state index contributed by atoms with van der Waals surface area (Å²) in [7, 11) is 0. The van der Waals surface area contributed by atoms with Crippen molar-refractivity contribution in [1.82, 2.24) is 0 Å². The Morgan fingerprint density at radius 1 is 0.667 bits per heavy atom. The van der Waals surface area contributed by atoms with E-state index in [9.17, 15) is 35.7 Å². The molecule has 2 saturated heterocycles. The first kappa shape index (κ1) is 21.6. The molecule has 10 N–H and O–H groups in total. The van der Waals surface area contributed by atoms with Crippen LogP contribution in [0, 0.1) is 0 Å². The maximum Gasteiger partial charge on any atom is 0.187 e. The van der Waals surface area contributed by atoms with Crippen molar-refractivity contribution in [1.29, 1.82) is 0 Å². The fraction of sp³-hybridized carbons (Fsp3) is 1.00. The fourth-order valence-electron chi connectivity index (χ4n) is 2.57. The highest BCUT2D eigenvalue weighted by Crippen LogP contribution is 2.28. The first-order chi connectivity index (χ1) is 10.8. The molecule has 2 fully saturated rings. The number of hydrogen-bond acceptors (Lipinski definition) is 11. The molecular formula is C12H24O12. The van der Waals surface area contributed by atoms with Crippen molar-refractivity contribution in [2.24, 2.45) is 0 Å². The average molecular weight is 360 g/mol. The highest BCUT2D eigenvalue weighted by atomic mass is 16.7. The molecule has 0 aliphatic carbocycles. The summed E-state index contributed by atoms with van der Waals surface area (Å²) in [5.41, 5.74) is 0. The van der Waals surface area contributed by atoms with E-state index < -0.39 is 74.6 Å². The minimum atomic E-state index is -1.74. The van der Waals surface area contributed by atoms with Crippen LogP contribution in [-0.4, -0.2) is 121 Å². The van der Waals surface area contributed by atoms with Gasteiger partial charge in [-0.1, -0.05) is 0 Å². The first-order valence-electron chi connectivity index (χ1n) is 7.08. The molecule has 0 amide bonds. The maximum absolute atomic E-state index is 9.94. The Labute approximate surface area is 136 Å². The van der Waals surface area contributed by atoms with Crippen LogP contribution in [0.5, 0.6) is 0 Å². The molecule has 0 radical (unpaired) electrons. The topological polar surface area (TPSA) is 221 Å². The molecule has 24 heavy (non-hydrogen) atoms. The summed E-state index contributed by atoms with van der Waals surface area (Å²) in [6.07, 6.45) is -15.6. The Bertz CT molecular complexity index is 379. The molecule has 2 aliphatic heterocycles. The maximum atomic E-state index is 9.94. The molecule has 0 spiro atoms. The number of hydrogen-bond donors (Lipinski definition) is 8. The standard InChI is InChI=1S/C12H22O11.H2O/c13-1-3-5(15)6(16)9(19)12(22-3)23-10-4(2-14)21-11(20)8(18)7(10)17;/h3-20H,1-2H2;1H2/t3?,4?,5-,6-,7+,8?,9?,10-,11-,12-;/m1./s1. The van der Waals surface area contributed by atoms with E-state index in [-0.39, 0.29) is 5.48 Å². The molecule has 4 unspecified atom stereocenters. The van der Waals surface area contributed by atoms with Gasteiger partial charge in [0.05, 0.1) is 13.2 Å². The minimum absolute atomic E-state index is 0. The van der Waals surface area contributed by atoms with Gasteiger partial charge in [-0.25, -0.2) is 0 Å². The van der Waals surface area contributed by atoms with E-state index >= 15 is 0 Å². The Balaban J connectivity index is 0.00000288. The quantitative estimate of drug-likeness (QED) is 0.235. The van der Waals surface area contributed by atoms with Crippen LogP contribution in [0.3, 0.4) is 0 Å². The van der Waals surface area contributed by atoms with Gasteiger partial charge in [-0.05, 0) is 0 Å². The van der Waals surface area contributed by atoms with Crippen LogP contribution in [-0.2, 0) is 14.2 Å². The first-order valence-corrected chi connectivity index (χ1v) is 7.08. The zero-order valence-corrected chi connectivity index (χ0v) is 12.5. The summed E-state index contributed by atoms with van der Waals surface area (Å²) in [5.74, 6) is 0. The summed E-state index contributed by atoms with van der Waals surface area (Å²) in [6, 6.07) is 0. The molecule has 2 rings (SSSR count). The highest BCUT2D eigenvalue weighted by molar-refractivity contribution is 4.93. The number of rotatable bonds is 4. The van der Waals surface area contributed by atoms with Crippen molar-refractivity contribution >= 4 is 0 Å². The van der Waals surface area contributed by atoms with Gasteiger partial charge in [0, 0.05) is 0 Å². The Kier molecular flexibility index (Phi) is 7.86. The summed E-state index contributed by atoms with van der Waals surface area (Å²) in [6.45, 7) is -1.35. The van der Waals surface area contributed by atoms with E-state index in [1.54, 1.807) is 0 Å². The molecule has 10 atom stereocenters. The van der Waals surface area contributed by atoms with Gasteiger partial charge in [0.1, 0.15) is 48.8 Å². The Morgan fingerprint density at radius 2 is 1.25 bits per heavy atom. The van der Waals surface area contributed by atoms with Gasteiger partial charge in [-0.3, -0.25) is 0 Å². The summed E-state index contributed by atoms with van der Waals surface area (Å²) >= 11 is 0. The van der Waals surface area contributed by atoms with Gasteiger partial charge in [0.15, 0.2) is 12.6 Å². The van der Waals surface area contributed by atoms with Crippen LogP contribution >= 0.6 is 0 Å². The van der Waals surface area contributed by atoms with Crippen LogP contribution in [0.2, 0.25) is 0 Å². The van der Waals surface area contributed by atoms with Gasteiger partial charge < -0.3 is 60.5 Å². The number of ether oxygens (including phenoxy) is 3. The zero-order chi connectivity index (χ0) is 17.3. The van der Waals surface area contributed by atoms with Crippen molar-refractivity contribution < 1.29 is 60.5 Å². The molecule has 144 valence electrons. The second-order valence-corrected chi connectivity index (χ2v) is 5.53. The minimum Gasteiger partial charge on any atom is -0.412 e. The summed E-state index contributed by atoms with van der Waals surface area (Å²) in [4.78, 5) is 0. The third-order valence-electron chi connectivity index (χ3n) is 3.98. The SMILES string of the molecule is O.OCC1O[C@H](O[C@@H]2C(CO)O[C@@H](O)C(O)[C@@H]2O)C(O)[C@H](O)[C@@H]1O. The van der Waals surface area contributed by atoms with Crippen LogP contribution in [0.25, 0.3) is 0 Å². The number of aliphatic hydroxyl groups is 8. The lowest BCUT2D eigenvalue weighted by molar-refractivity contribution is -0.355. The molecule has 0 aromatic heterocycles. The molecule has 0 aromatic carbocycles. The average Bonchev–Trinajstić information content (AvgIpc) is 2.55. The lowest BCUT2D eigenvalue weighted by Gasteiger charge is -2.45. The normalized spacial score (nSPS) is 49.5. The van der Waals surface area contributed by atoms with Crippen molar-refractivity contribution in [3.63, 3.8) is 0 Å². The highest BCUT2D eigenvalue weighted by Gasteiger charge is 2.50. The predicted molar refractivity (Wildman–Crippen MR) is 72.2 cm³/mol. The van der Waals surface area contributed by atoms with E-state index in [0.717, 1.165) is 0 Å². The summed E-state index contributed by atoms with van der Waals surface area (Å²) in [5, 5.41) is 76.5. The van der Waals surface area contributed by atoms with E-state index in [1.807, 2.05) is 0 Å². The molecule has 0 aromatic rings. The van der Waals surface area contributed by atoms with E-state index in [2.05, 4.69) is 0 Å². The zero-order valence-electron chi connectivity index (χ0n) is 12.5. The van der Waals surface area contributed by atoms with Gasteiger partial charge in [0.2, 0.25) is 0 Å². The number of aliphatic hydroxyl groups excluding tert-OH is 8. The largest absolute Gasteiger partial charge is 0.412 e. The third kappa shape index (κ3) is 4.01. The fourth-order valence-corrected chi connectivity index (χ4v) is 2.57. The lowest BCUT2D eigenvalue weighted by Crippen LogP contribution is -2.64. The van der Waals surface area contributed by atoms with Gasteiger partial charge in [-0.15, -0.1) is 0 Å². The molecule has 12 heteroatoms.